The van der Waals surface area contributed by atoms with Crippen LogP contribution in [0.25, 0.3) is 0 Å². The minimum Gasteiger partial charge on any atom is -0.314 e. The van der Waals surface area contributed by atoms with E-state index in [1.54, 1.807) is 6.07 Å². The third kappa shape index (κ3) is 4.04. The summed E-state index contributed by atoms with van der Waals surface area (Å²) in [5.74, 6) is 0. The van der Waals surface area contributed by atoms with E-state index in [4.69, 9.17) is 0 Å². The van der Waals surface area contributed by atoms with Crippen LogP contribution < -0.4 is 10.0 Å². The van der Waals surface area contributed by atoms with Crippen LogP contribution in [0.2, 0.25) is 0 Å². The van der Waals surface area contributed by atoms with Crippen molar-refractivity contribution < 1.29 is 8.42 Å². The molecule has 0 atom stereocenters. The van der Waals surface area contributed by atoms with Gasteiger partial charge < -0.3 is 5.32 Å². The molecule has 2 rings (SSSR count). The molecule has 0 saturated carbocycles. The summed E-state index contributed by atoms with van der Waals surface area (Å²) < 4.78 is 27.1. The lowest BCUT2D eigenvalue weighted by molar-refractivity contribution is 0.554. The molecule has 0 unspecified atom stereocenters. The number of sulfonamides is 1. The van der Waals surface area contributed by atoms with Crippen molar-refractivity contribution in [3.63, 3.8) is 0 Å². The summed E-state index contributed by atoms with van der Waals surface area (Å²) in [5, 5.41) is 3.27. The van der Waals surface area contributed by atoms with E-state index in [2.05, 4.69) is 23.9 Å². The molecule has 0 amide bonds. The molecule has 1 aromatic rings. The summed E-state index contributed by atoms with van der Waals surface area (Å²) in [4.78, 5) is 0.398. The monoisotopic (exact) mass is 296 g/mol. The molecule has 1 aliphatic rings. The predicted octanol–water partition coefficient (Wildman–Crippen LogP) is 1.84. The van der Waals surface area contributed by atoms with Gasteiger partial charge in [-0.15, -0.1) is 0 Å². The van der Waals surface area contributed by atoms with Gasteiger partial charge in [0.2, 0.25) is 10.0 Å². The second-order valence-electron chi connectivity index (χ2n) is 5.64. The van der Waals surface area contributed by atoms with Gasteiger partial charge in [-0.2, -0.15) is 0 Å². The molecule has 0 heterocycles. The van der Waals surface area contributed by atoms with Gasteiger partial charge >= 0.3 is 0 Å². The van der Waals surface area contributed by atoms with Gasteiger partial charge in [-0.05, 0) is 55.5 Å². The predicted molar refractivity (Wildman–Crippen MR) is 81.4 cm³/mol. The molecule has 0 aromatic heterocycles. The topological polar surface area (TPSA) is 58.2 Å². The Kier molecular flexibility index (Phi) is 5.18. The number of nitrogens with one attached hydrogen (secondary N) is 2. The van der Waals surface area contributed by atoms with Crippen molar-refractivity contribution in [3.05, 3.63) is 29.3 Å². The highest BCUT2D eigenvalue weighted by molar-refractivity contribution is 7.89. The second-order valence-corrected chi connectivity index (χ2v) is 7.41. The third-order valence-electron chi connectivity index (χ3n) is 3.58. The van der Waals surface area contributed by atoms with Crippen LogP contribution in [-0.2, 0) is 22.9 Å². The summed E-state index contributed by atoms with van der Waals surface area (Å²) in [6, 6.07) is 5.94. The van der Waals surface area contributed by atoms with Gasteiger partial charge in [0.1, 0.15) is 0 Å². The Hall–Kier alpha value is -0.910. The average molecular weight is 296 g/mol. The molecule has 0 spiro atoms. The van der Waals surface area contributed by atoms with E-state index in [0.29, 0.717) is 17.5 Å². The zero-order valence-electron chi connectivity index (χ0n) is 12.3. The molecule has 4 nitrogen and oxygen atoms in total. The molecule has 2 N–H and O–H groups in total. The number of benzene rings is 1. The van der Waals surface area contributed by atoms with Crippen molar-refractivity contribution in [2.45, 2.75) is 50.5 Å². The maximum Gasteiger partial charge on any atom is 0.240 e. The Morgan fingerprint density at radius 1 is 1.15 bits per heavy atom. The highest BCUT2D eigenvalue weighted by Crippen LogP contribution is 2.24. The molecule has 0 fully saturated rings. The van der Waals surface area contributed by atoms with Gasteiger partial charge in [0, 0.05) is 12.6 Å². The lowest BCUT2D eigenvalue weighted by atomic mass is 10.1. The second kappa shape index (κ2) is 6.70. The highest BCUT2D eigenvalue weighted by Gasteiger charge is 2.17. The molecular formula is C15H24N2O2S. The van der Waals surface area contributed by atoms with Crippen molar-refractivity contribution in [2.24, 2.45) is 0 Å². The number of rotatable bonds is 7. The molecule has 20 heavy (non-hydrogen) atoms. The molecule has 112 valence electrons. The summed E-state index contributed by atoms with van der Waals surface area (Å²) in [7, 11) is -3.36. The molecule has 0 saturated heterocycles. The van der Waals surface area contributed by atoms with E-state index in [1.165, 1.54) is 11.1 Å². The van der Waals surface area contributed by atoms with Crippen molar-refractivity contribution >= 4 is 10.0 Å². The normalized spacial score (nSPS) is 14.8. The Labute approximate surface area is 122 Å². The van der Waals surface area contributed by atoms with Crippen LogP contribution >= 0.6 is 0 Å². The SMILES string of the molecule is CC(C)NCCCNS(=O)(=O)c1ccc2c(c1)CCC2. The zero-order valence-corrected chi connectivity index (χ0v) is 13.1. The standard InChI is InChI=1S/C15H24N2O2S/c1-12(2)16-9-4-10-17-20(18,19)15-8-7-13-5-3-6-14(13)11-15/h7-8,11-12,16-17H,3-6,9-10H2,1-2H3. The van der Waals surface area contributed by atoms with Crippen LogP contribution in [0.1, 0.15) is 37.8 Å². The minimum absolute atomic E-state index is 0.398. The summed E-state index contributed by atoms with van der Waals surface area (Å²) >= 11 is 0. The quantitative estimate of drug-likeness (QED) is 0.755. The fourth-order valence-electron chi connectivity index (χ4n) is 2.48. The largest absolute Gasteiger partial charge is 0.314 e. The van der Waals surface area contributed by atoms with Gasteiger partial charge in [-0.1, -0.05) is 19.9 Å². The fraction of sp³-hybridized carbons (Fsp3) is 0.600. The van der Waals surface area contributed by atoms with Crippen LogP contribution in [0.4, 0.5) is 0 Å². The smallest absolute Gasteiger partial charge is 0.240 e. The van der Waals surface area contributed by atoms with E-state index in [1.807, 2.05) is 12.1 Å². The Morgan fingerprint density at radius 2 is 1.90 bits per heavy atom. The van der Waals surface area contributed by atoms with E-state index in [0.717, 1.165) is 32.2 Å². The minimum atomic E-state index is -3.36. The van der Waals surface area contributed by atoms with Gasteiger partial charge in [-0.25, -0.2) is 13.1 Å². The van der Waals surface area contributed by atoms with Crippen LogP contribution in [0.5, 0.6) is 0 Å². The molecule has 1 aromatic carbocycles. The summed E-state index contributed by atoms with van der Waals surface area (Å²) in [5.41, 5.74) is 2.49. The first-order valence-corrected chi connectivity index (χ1v) is 8.82. The third-order valence-corrected chi connectivity index (χ3v) is 5.04. The fourth-order valence-corrected chi connectivity index (χ4v) is 3.61. The first-order chi connectivity index (χ1) is 9.49. The van der Waals surface area contributed by atoms with Crippen LogP contribution in [0.3, 0.4) is 0 Å². The first-order valence-electron chi connectivity index (χ1n) is 7.34. The maximum atomic E-state index is 12.2. The van der Waals surface area contributed by atoms with Crippen molar-refractivity contribution in [3.8, 4) is 0 Å². The van der Waals surface area contributed by atoms with Crippen LogP contribution in [-0.4, -0.2) is 27.5 Å². The van der Waals surface area contributed by atoms with Gasteiger partial charge in [0.25, 0.3) is 0 Å². The van der Waals surface area contributed by atoms with Crippen molar-refractivity contribution in [2.75, 3.05) is 13.1 Å². The number of fused-ring (bicyclic) bond motifs is 1. The molecule has 5 heteroatoms. The highest BCUT2D eigenvalue weighted by atomic mass is 32.2. The van der Waals surface area contributed by atoms with Crippen molar-refractivity contribution in [1.82, 2.24) is 10.0 Å². The molecule has 1 aliphatic carbocycles. The van der Waals surface area contributed by atoms with E-state index < -0.39 is 10.0 Å². The average Bonchev–Trinajstić information content (AvgIpc) is 2.85. The number of hydrogen-bond donors (Lipinski definition) is 2. The van der Waals surface area contributed by atoms with Gasteiger partial charge in [0.15, 0.2) is 0 Å². The van der Waals surface area contributed by atoms with E-state index >= 15 is 0 Å². The van der Waals surface area contributed by atoms with Gasteiger partial charge in [0.05, 0.1) is 4.90 Å². The van der Waals surface area contributed by atoms with Gasteiger partial charge in [-0.3, -0.25) is 0 Å². The molecular weight excluding hydrogens is 272 g/mol. The van der Waals surface area contributed by atoms with E-state index in [-0.39, 0.29) is 0 Å². The van der Waals surface area contributed by atoms with E-state index in [9.17, 15) is 8.42 Å². The first kappa shape index (κ1) is 15.5. The molecule has 0 aliphatic heterocycles. The lowest BCUT2D eigenvalue weighted by Gasteiger charge is -2.10. The Morgan fingerprint density at radius 3 is 2.65 bits per heavy atom. The molecule has 0 bridgehead atoms. The maximum absolute atomic E-state index is 12.2. The van der Waals surface area contributed by atoms with Crippen LogP contribution in [0.15, 0.2) is 23.1 Å². The van der Waals surface area contributed by atoms with Crippen LogP contribution in [0, 0.1) is 0 Å². The zero-order chi connectivity index (χ0) is 14.6. The Balaban J connectivity index is 1.90. The number of aryl methyl sites for hydroxylation is 2. The summed E-state index contributed by atoms with van der Waals surface area (Å²) in [6.45, 7) is 5.45. The number of hydrogen-bond acceptors (Lipinski definition) is 3. The lowest BCUT2D eigenvalue weighted by Crippen LogP contribution is -2.29. The summed E-state index contributed by atoms with van der Waals surface area (Å²) in [6.07, 6.45) is 4.00. The Bertz CT molecular complexity index is 553. The molecule has 0 radical (unpaired) electrons. The van der Waals surface area contributed by atoms with Crippen molar-refractivity contribution in [1.29, 1.82) is 0 Å².